The quantitative estimate of drug-likeness (QED) is 0.762. The predicted molar refractivity (Wildman–Crippen MR) is 112 cm³/mol. The second kappa shape index (κ2) is 8.60. The first-order chi connectivity index (χ1) is 13.9. The number of carbonyl (C=O) groups is 3. The third-order valence-electron chi connectivity index (χ3n) is 4.59. The Kier molecular flexibility index (Phi) is 5.97. The number of esters is 1. The van der Waals surface area contributed by atoms with Crippen LogP contribution in [-0.4, -0.2) is 31.4 Å². The van der Waals surface area contributed by atoms with Crippen LogP contribution >= 0.6 is 0 Å². The molecule has 1 aliphatic rings. The number of carbonyl (C=O) groups excluding carboxylic acids is 3. The van der Waals surface area contributed by atoms with E-state index in [1.165, 1.54) is 18.1 Å². The van der Waals surface area contributed by atoms with Crippen LogP contribution in [-0.2, 0) is 19.1 Å². The highest BCUT2D eigenvalue weighted by Crippen LogP contribution is 2.30. The van der Waals surface area contributed by atoms with E-state index in [1.807, 2.05) is 38.1 Å². The van der Waals surface area contributed by atoms with Gasteiger partial charge in [-0.1, -0.05) is 24.3 Å². The summed E-state index contributed by atoms with van der Waals surface area (Å²) in [6.45, 7) is 3.70. The van der Waals surface area contributed by atoms with Crippen molar-refractivity contribution >= 4 is 34.8 Å². The van der Waals surface area contributed by atoms with Gasteiger partial charge in [0.05, 0.1) is 24.9 Å². The number of hydrogen-bond donors (Lipinski definition) is 2. The third-order valence-corrected chi connectivity index (χ3v) is 4.59. The highest BCUT2D eigenvalue weighted by molar-refractivity contribution is 6.10. The Morgan fingerprint density at radius 1 is 1.14 bits per heavy atom. The highest BCUT2D eigenvalue weighted by Gasteiger charge is 2.25. The van der Waals surface area contributed by atoms with Crippen molar-refractivity contribution in [1.29, 1.82) is 0 Å². The zero-order valence-corrected chi connectivity index (χ0v) is 16.6. The Bertz CT molecular complexity index is 997. The fraction of sp³-hybridized carbons (Fsp3) is 0.227. The molecule has 150 valence electrons. The van der Waals surface area contributed by atoms with Crippen LogP contribution in [0.1, 0.15) is 17.5 Å². The van der Waals surface area contributed by atoms with Crippen molar-refractivity contribution in [1.82, 2.24) is 0 Å². The fourth-order valence-corrected chi connectivity index (χ4v) is 3.06. The van der Waals surface area contributed by atoms with Crippen LogP contribution in [0.4, 0.5) is 17.1 Å². The molecule has 0 saturated heterocycles. The molecule has 3 rings (SSSR count). The summed E-state index contributed by atoms with van der Waals surface area (Å²) >= 11 is 0. The SMILES string of the molecule is COC(=O)CC1=CC(=O)N(CC(=O)Nc2cc(C)ccc2C)c2ccccc2N1. The van der Waals surface area contributed by atoms with Crippen molar-refractivity contribution in [3.8, 4) is 0 Å². The maximum atomic E-state index is 12.8. The van der Waals surface area contributed by atoms with E-state index in [0.717, 1.165) is 11.1 Å². The second-order valence-corrected chi connectivity index (χ2v) is 6.86. The van der Waals surface area contributed by atoms with Gasteiger partial charge in [-0.15, -0.1) is 0 Å². The van der Waals surface area contributed by atoms with Crippen molar-refractivity contribution in [2.24, 2.45) is 0 Å². The lowest BCUT2D eigenvalue weighted by Crippen LogP contribution is -2.37. The van der Waals surface area contributed by atoms with Crippen LogP contribution < -0.4 is 15.5 Å². The summed E-state index contributed by atoms with van der Waals surface area (Å²) in [5.41, 5.74) is 4.28. The third kappa shape index (κ3) is 4.82. The number of nitrogens with zero attached hydrogens (tertiary/aromatic N) is 1. The molecule has 0 bridgehead atoms. The molecule has 1 heterocycles. The van der Waals surface area contributed by atoms with Gasteiger partial charge < -0.3 is 15.4 Å². The minimum atomic E-state index is -0.463. The predicted octanol–water partition coefficient (Wildman–Crippen LogP) is 3.15. The first-order valence-corrected chi connectivity index (χ1v) is 9.19. The van der Waals surface area contributed by atoms with E-state index in [2.05, 4.69) is 15.4 Å². The molecule has 0 fully saturated rings. The summed E-state index contributed by atoms with van der Waals surface area (Å²) in [7, 11) is 1.29. The van der Waals surface area contributed by atoms with E-state index in [9.17, 15) is 14.4 Å². The maximum Gasteiger partial charge on any atom is 0.311 e. The van der Waals surface area contributed by atoms with Crippen LogP contribution in [0.5, 0.6) is 0 Å². The lowest BCUT2D eigenvalue weighted by Gasteiger charge is -2.22. The van der Waals surface area contributed by atoms with Gasteiger partial charge >= 0.3 is 5.97 Å². The summed E-state index contributed by atoms with van der Waals surface area (Å²) in [6, 6.07) is 12.9. The molecule has 2 aromatic rings. The topological polar surface area (TPSA) is 87.7 Å². The molecule has 0 radical (unpaired) electrons. The lowest BCUT2D eigenvalue weighted by atomic mass is 10.1. The molecule has 0 aliphatic carbocycles. The van der Waals surface area contributed by atoms with E-state index >= 15 is 0 Å². The number of rotatable bonds is 5. The standard InChI is InChI=1S/C22H23N3O4/c1-14-8-9-15(2)18(10-14)24-20(26)13-25-19-7-5-4-6-17(19)23-16(11-21(25)27)12-22(28)29-3/h4-11,23H,12-13H2,1-3H3,(H,24,26). The molecule has 2 aromatic carbocycles. The monoisotopic (exact) mass is 393 g/mol. The van der Waals surface area contributed by atoms with Gasteiger partial charge in [0.1, 0.15) is 6.54 Å². The molecule has 29 heavy (non-hydrogen) atoms. The number of anilines is 3. The van der Waals surface area contributed by atoms with Crippen molar-refractivity contribution in [3.05, 3.63) is 65.4 Å². The average molecular weight is 393 g/mol. The first-order valence-electron chi connectivity index (χ1n) is 9.19. The average Bonchev–Trinajstić information content (AvgIpc) is 2.81. The number of ether oxygens (including phenoxy) is 1. The Morgan fingerprint density at radius 3 is 2.66 bits per heavy atom. The van der Waals surface area contributed by atoms with Gasteiger partial charge in [0.25, 0.3) is 5.91 Å². The van der Waals surface area contributed by atoms with Crippen LogP contribution in [0.2, 0.25) is 0 Å². The molecule has 1 aliphatic heterocycles. The number of fused-ring (bicyclic) bond motifs is 1. The Hall–Kier alpha value is -3.61. The van der Waals surface area contributed by atoms with Gasteiger partial charge in [0.2, 0.25) is 5.91 Å². The molecule has 0 saturated carbocycles. The van der Waals surface area contributed by atoms with Gasteiger partial charge in [-0.3, -0.25) is 19.3 Å². The van der Waals surface area contributed by atoms with Crippen LogP contribution in [0.15, 0.2) is 54.2 Å². The van der Waals surface area contributed by atoms with E-state index in [0.29, 0.717) is 22.8 Å². The molecular formula is C22H23N3O4. The summed E-state index contributed by atoms with van der Waals surface area (Å²) in [6.07, 6.45) is 1.25. The zero-order chi connectivity index (χ0) is 21.0. The summed E-state index contributed by atoms with van der Waals surface area (Å²) in [5.74, 6) is -1.17. The maximum absolute atomic E-state index is 12.8. The molecule has 0 spiro atoms. The van der Waals surface area contributed by atoms with Gasteiger partial charge in [0.15, 0.2) is 0 Å². The number of nitrogens with one attached hydrogen (secondary N) is 2. The van der Waals surface area contributed by atoms with Crippen LogP contribution in [0, 0.1) is 13.8 Å². The minimum absolute atomic E-state index is 0.0703. The molecule has 7 nitrogen and oxygen atoms in total. The van der Waals surface area contributed by atoms with Gasteiger partial charge in [0, 0.05) is 17.5 Å². The van der Waals surface area contributed by atoms with E-state index in [-0.39, 0.29) is 18.9 Å². The molecule has 2 N–H and O–H groups in total. The highest BCUT2D eigenvalue weighted by atomic mass is 16.5. The second-order valence-electron chi connectivity index (χ2n) is 6.86. The molecule has 0 aromatic heterocycles. The van der Waals surface area contributed by atoms with Crippen LogP contribution in [0.3, 0.4) is 0 Å². The van der Waals surface area contributed by atoms with Crippen molar-refractivity contribution < 1.29 is 19.1 Å². The Labute approximate surface area is 169 Å². The normalized spacial score (nSPS) is 13.0. The van der Waals surface area contributed by atoms with Crippen molar-refractivity contribution in [2.75, 3.05) is 29.2 Å². The number of hydrogen-bond acceptors (Lipinski definition) is 5. The number of aryl methyl sites for hydroxylation is 2. The summed E-state index contributed by atoms with van der Waals surface area (Å²) in [5, 5.41) is 5.97. The van der Waals surface area contributed by atoms with Gasteiger partial charge in [-0.2, -0.15) is 0 Å². The number of para-hydroxylation sites is 2. The van der Waals surface area contributed by atoms with E-state index in [4.69, 9.17) is 0 Å². The minimum Gasteiger partial charge on any atom is -0.469 e. The molecular weight excluding hydrogens is 370 g/mol. The van der Waals surface area contributed by atoms with E-state index in [1.54, 1.807) is 18.2 Å². The smallest absolute Gasteiger partial charge is 0.311 e. The van der Waals surface area contributed by atoms with Gasteiger partial charge in [-0.25, -0.2) is 0 Å². The largest absolute Gasteiger partial charge is 0.469 e. The van der Waals surface area contributed by atoms with Crippen molar-refractivity contribution in [2.45, 2.75) is 20.3 Å². The number of benzene rings is 2. The molecule has 0 atom stereocenters. The van der Waals surface area contributed by atoms with Crippen molar-refractivity contribution in [3.63, 3.8) is 0 Å². The Morgan fingerprint density at radius 2 is 1.90 bits per heavy atom. The summed E-state index contributed by atoms with van der Waals surface area (Å²) < 4.78 is 4.69. The number of amides is 2. The first kappa shape index (κ1) is 20.1. The van der Waals surface area contributed by atoms with E-state index < -0.39 is 11.9 Å². The molecule has 7 heteroatoms. The zero-order valence-electron chi connectivity index (χ0n) is 16.6. The molecule has 2 amide bonds. The van der Waals surface area contributed by atoms with Crippen LogP contribution in [0.25, 0.3) is 0 Å². The van der Waals surface area contributed by atoms with Gasteiger partial charge in [-0.05, 0) is 43.2 Å². The Balaban J connectivity index is 1.85. The number of methoxy groups -OCH3 is 1. The lowest BCUT2D eigenvalue weighted by molar-refractivity contribution is -0.139. The summed E-state index contributed by atoms with van der Waals surface area (Å²) in [4.78, 5) is 38.6. The fourth-order valence-electron chi connectivity index (χ4n) is 3.06. The molecule has 0 unspecified atom stereocenters.